The van der Waals surface area contributed by atoms with Crippen LogP contribution in [-0.2, 0) is 6.18 Å². The van der Waals surface area contributed by atoms with Gasteiger partial charge in [0.05, 0.1) is 23.1 Å². The molecule has 0 amide bonds. The van der Waals surface area contributed by atoms with Crippen LogP contribution in [0, 0.1) is 0 Å². The minimum atomic E-state index is -4.47. The van der Waals surface area contributed by atoms with Crippen molar-refractivity contribution < 1.29 is 13.2 Å². The van der Waals surface area contributed by atoms with Crippen molar-refractivity contribution in [3.8, 4) is 22.8 Å². The summed E-state index contributed by atoms with van der Waals surface area (Å²) in [7, 11) is 0. The fraction of sp³-hybridized carbons (Fsp3) is 0.0417. The third-order valence-electron chi connectivity index (χ3n) is 5.16. The highest BCUT2D eigenvalue weighted by Gasteiger charge is 2.30. The Labute approximate surface area is 190 Å². The third-order valence-corrected chi connectivity index (χ3v) is 5.41. The van der Waals surface area contributed by atoms with Gasteiger partial charge in [-0.2, -0.15) is 18.3 Å². The zero-order valence-electron chi connectivity index (χ0n) is 16.8. The van der Waals surface area contributed by atoms with Gasteiger partial charge in [-0.15, -0.1) is 0 Å². The van der Waals surface area contributed by atoms with Crippen molar-refractivity contribution in [1.82, 2.24) is 19.3 Å². The van der Waals surface area contributed by atoms with E-state index < -0.39 is 17.3 Å². The van der Waals surface area contributed by atoms with Gasteiger partial charge >= 0.3 is 6.18 Å². The molecule has 0 spiro atoms. The van der Waals surface area contributed by atoms with Gasteiger partial charge in [-0.25, -0.2) is 9.67 Å². The van der Waals surface area contributed by atoms with E-state index in [-0.39, 0.29) is 11.2 Å². The van der Waals surface area contributed by atoms with E-state index in [1.54, 1.807) is 24.3 Å². The molecule has 2 heterocycles. The number of rotatable bonds is 3. The second-order valence-corrected chi connectivity index (χ2v) is 7.69. The highest BCUT2D eigenvalue weighted by Crippen LogP contribution is 2.31. The van der Waals surface area contributed by atoms with Gasteiger partial charge in [-0.3, -0.25) is 9.36 Å². The van der Waals surface area contributed by atoms with Crippen LogP contribution in [0.3, 0.4) is 0 Å². The van der Waals surface area contributed by atoms with Crippen molar-refractivity contribution in [2.75, 3.05) is 0 Å². The molecule has 5 nitrogen and oxygen atoms in total. The average molecular weight is 467 g/mol. The van der Waals surface area contributed by atoms with Crippen molar-refractivity contribution in [3.05, 3.63) is 106 Å². The molecular weight excluding hydrogens is 453 g/mol. The minimum Gasteiger partial charge on any atom is -0.268 e. The summed E-state index contributed by atoms with van der Waals surface area (Å²) < 4.78 is 42.1. The SMILES string of the molecule is O=c1c2cnn(-c3ccccc3)c2nc(-c2ccc(C(F)(F)F)cc2)n1-c1ccc(Cl)cc1. The first kappa shape index (κ1) is 21.0. The maximum absolute atomic E-state index is 13.5. The quantitative estimate of drug-likeness (QED) is 0.332. The van der Waals surface area contributed by atoms with Gasteiger partial charge in [0.1, 0.15) is 11.2 Å². The first-order valence-electron chi connectivity index (χ1n) is 9.83. The van der Waals surface area contributed by atoms with Gasteiger partial charge in [0.25, 0.3) is 5.56 Å². The topological polar surface area (TPSA) is 52.7 Å². The Hall–Kier alpha value is -3.91. The number of fused-ring (bicyclic) bond motifs is 1. The van der Waals surface area contributed by atoms with E-state index in [9.17, 15) is 18.0 Å². The van der Waals surface area contributed by atoms with E-state index in [4.69, 9.17) is 11.6 Å². The molecule has 2 aromatic heterocycles. The van der Waals surface area contributed by atoms with Crippen LogP contribution in [0.5, 0.6) is 0 Å². The van der Waals surface area contributed by atoms with Gasteiger partial charge in [0.15, 0.2) is 5.65 Å². The zero-order chi connectivity index (χ0) is 23.2. The van der Waals surface area contributed by atoms with E-state index in [0.29, 0.717) is 27.6 Å². The molecule has 5 rings (SSSR count). The lowest BCUT2D eigenvalue weighted by Gasteiger charge is -2.14. The standard InChI is InChI=1S/C24H14ClF3N4O/c25-17-10-12-18(13-11-17)31-21(15-6-8-16(9-7-15)24(26,27)28)30-22-20(23(31)33)14-29-32(22)19-4-2-1-3-5-19/h1-14H. The lowest BCUT2D eigenvalue weighted by molar-refractivity contribution is -0.137. The van der Waals surface area contributed by atoms with Crippen molar-refractivity contribution in [1.29, 1.82) is 0 Å². The number of hydrogen-bond acceptors (Lipinski definition) is 3. The number of nitrogens with zero attached hydrogens (tertiary/aromatic N) is 4. The van der Waals surface area contributed by atoms with Crippen LogP contribution in [0.15, 0.2) is 89.9 Å². The van der Waals surface area contributed by atoms with E-state index in [2.05, 4.69) is 10.1 Å². The molecule has 0 aliphatic rings. The summed E-state index contributed by atoms with van der Waals surface area (Å²) in [6.45, 7) is 0. The number of para-hydroxylation sites is 1. The second-order valence-electron chi connectivity index (χ2n) is 7.26. The highest BCUT2D eigenvalue weighted by molar-refractivity contribution is 6.30. The van der Waals surface area contributed by atoms with Crippen molar-refractivity contribution in [2.45, 2.75) is 6.18 Å². The Bertz CT molecular complexity index is 1510. The van der Waals surface area contributed by atoms with E-state index in [0.717, 1.165) is 12.1 Å². The lowest BCUT2D eigenvalue weighted by Crippen LogP contribution is -2.22. The number of aromatic nitrogens is 4. The third kappa shape index (κ3) is 3.78. The number of halogens is 4. The Morgan fingerprint density at radius 1 is 0.818 bits per heavy atom. The van der Waals surface area contributed by atoms with Crippen molar-refractivity contribution in [3.63, 3.8) is 0 Å². The van der Waals surface area contributed by atoms with Gasteiger partial charge in [0.2, 0.25) is 0 Å². The Kier molecular flexibility index (Phi) is 5.02. The Morgan fingerprint density at radius 2 is 1.48 bits per heavy atom. The average Bonchev–Trinajstić information content (AvgIpc) is 3.24. The molecule has 0 saturated heterocycles. The van der Waals surface area contributed by atoms with E-state index >= 15 is 0 Å². The summed E-state index contributed by atoms with van der Waals surface area (Å²) in [5.41, 5.74) is 0.619. The largest absolute Gasteiger partial charge is 0.416 e. The van der Waals surface area contributed by atoms with Crippen LogP contribution in [0.2, 0.25) is 5.02 Å². The van der Waals surface area contributed by atoms with Crippen LogP contribution in [0.25, 0.3) is 33.8 Å². The predicted octanol–water partition coefficient (Wildman–Crippen LogP) is 5.91. The maximum atomic E-state index is 13.5. The first-order valence-corrected chi connectivity index (χ1v) is 10.2. The summed E-state index contributed by atoms with van der Waals surface area (Å²) in [4.78, 5) is 18.2. The molecule has 33 heavy (non-hydrogen) atoms. The molecule has 0 radical (unpaired) electrons. The summed E-state index contributed by atoms with van der Waals surface area (Å²) in [5.74, 6) is 0.182. The highest BCUT2D eigenvalue weighted by atomic mass is 35.5. The van der Waals surface area contributed by atoms with Crippen molar-refractivity contribution in [2.24, 2.45) is 0 Å². The molecule has 0 aliphatic carbocycles. The smallest absolute Gasteiger partial charge is 0.268 e. The lowest BCUT2D eigenvalue weighted by atomic mass is 10.1. The fourth-order valence-electron chi connectivity index (χ4n) is 3.56. The van der Waals surface area contributed by atoms with Crippen LogP contribution < -0.4 is 5.56 Å². The molecule has 0 fully saturated rings. The zero-order valence-corrected chi connectivity index (χ0v) is 17.5. The summed E-state index contributed by atoms with van der Waals surface area (Å²) in [5, 5.41) is 5.08. The van der Waals surface area contributed by atoms with Crippen LogP contribution in [0.1, 0.15) is 5.56 Å². The fourth-order valence-corrected chi connectivity index (χ4v) is 3.68. The van der Waals surface area contributed by atoms with E-state index in [1.165, 1.54) is 27.6 Å². The van der Waals surface area contributed by atoms with Crippen molar-refractivity contribution >= 4 is 22.6 Å². The molecule has 164 valence electrons. The summed E-state index contributed by atoms with van der Waals surface area (Å²) in [6, 6.07) is 20.2. The molecule has 0 unspecified atom stereocenters. The normalized spacial score (nSPS) is 11.8. The molecule has 5 aromatic rings. The minimum absolute atomic E-state index is 0.182. The number of alkyl halides is 3. The monoisotopic (exact) mass is 466 g/mol. The maximum Gasteiger partial charge on any atom is 0.416 e. The molecular formula is C24H14ClF3N4O. The molecule has 9 heteroatoms. The number of benzene rings is 3. The molecule has 0 bridgehead atoms. The molecule has 0 saturated carbocycles. The van der Waals surface area contributed by atoms with E-state index in [1.807, 2.05) is 30.3 Å². The van der Waals surface area contributed by atoms with Crippen LogP contribution in [-0.4, -0.2) is 19.3 Å². The molecule has 3 aromatic carbocycles. The molecule has 0 aliphatic heterocycles. The molecule has 0 atom stereocenters. The van der Waals surface area contributed by atoms with Gasteiger partial charge < -0.3 is 0 Å². The number of hydrogen-bond donors (Lipinski definition) is 0. The second kappa shape index (κ2) is 7.90. The predicted molar refractivity (Wildman–Crippen MR) is 120 cm³/mol. The Morgan fingerprint density at radius 3 is 2.12 bits per heavy atom. The van der Waals surface area contributed by atoms with Crippen LogP contribution >= 0.6 is 11.6 Å². The Balaban J connectivity index is 1.80. The first-order chi connectivity index (χ1) is 15.8. The van der Waals surface area contributed by atoms with Gasteiger partial charge in [0, 0.05) is 10.6 Å². The van der Waals surface area contributed by atoms with Crippen LogP contribution in [0.4, 0.5) is 13.2 Å². The van der Waals surface area contributed by atoms with Gasteiger partial charge in [-0.1, -0.05) is 41.9 Å². The summed E-state index contributed by atoms with van der Waals surface area (Å²) >= 11 is 6.00. The summed E-state index contributed by atoms with van der Waals surface area (Å²) in [6.07, 6.45) is -3.04. The van der Waals surface area contributed by atoms with Gasteiger partial charge in [-0.05, 0) is 48.5 Å². The molecule has 0 N–H and O–H groups in total.